The molecule has 2 aromatic rings. The summed E-state index contributed by atoms with van der Waals surface area (Å²) in [6, 6.07) is 13.8. The number of aryl methyl sites for hydroxylation is 1. The van der Waals surface area contributed by atoms with Crippen molar-refractivity contribution >= 4 is 16.0 Å². The Hall–Kier alpha value is -2.18. The Morgan fingerprint density at radius 1 is 1.17 bits per heavy atom. The molecule has 2 aromatic carbocycles. The molecule has 126 valence electrons. The zero-order chi connectivity index (χ0) is 17.3. The maximum absolute atomic E-state index is 12.9. The van der Waals surface area contributed by atoms with Crippen molar-refractivity contribution in [2.75, 3.05) is 13.2 Å². The van der Waals surface area contributed by atoms with Crippen molar-refractivity contribution in [2.45, 2.75) is 24.8 Å². The molecule has 0 aliphatic carbocycles. The van der Waals surface area contributed by atoms with E-state index < -0.39 is 16.0 Å². The average Bonchev–Trinajstić information content (AvgIpc) is 3.37. The van der Waals surface area contributed by atoms with E-state index in [1.54, 1.807) is 19.1 Å². The van der Waals surface area contributed by atoms with Gasteiger partial charge in [0.1, 0.15) is 0 Å². The number of carbonyl (C=O) groups excluding carboxylic acids is 1. The van der Waals surface area contributed by atoms with E-state index in [4.69, 9.17) is 4.74 Å². The van der Waals surface area contributed by atoms with Crippen LogP contribution in [0.25, 0.3) is 0 Å². The fraction of sp³-hybridized carbons (Fsp3) is 0.278. The highest BCUT2D eigenvalue weighted by molar-refractivity contribution is 7.89. The van der Waals surface area contributed by atoms with Crippen LogP contribution in [0, 0.1) is 6.92 Å². The minimum Gasteiger partial charge on any atom is -0.462 e. The number of benzene rings is 2. The number of esters is 1. The van der Waals surface area contributed by atoms with Gasteiger partial charge in [-0.25, -0.2) is 13.2 Å². The lowest BCUT2D eigenvalue weighted by Crippen LogP contribution is -2.18. The predicted octanol–water partition coefficient (Wildman–Crippen LogP) is 2.92. The number of hydrogen-bond donors (Lipinski definition) is 0. The molecule has 1 fully saturated rings. The first-order valence-corrected chi connectivity index (χ1v) is 9.23. The number of carbonyl (C=O) groups is 1. The van der Waals surface area contributed by atoms with E-state index in [1.807, 2.05) is 31.2 Å². The highest BCUT2D eigenvalue weighted by Gasteiger charge is 2.46. The summed E-state index contributed by atoms with van der Waals surface area (Å²) in [5, 5.41) is 0. The number of sulfonamides is 1. The molecule has 24 heavy (non-hydrogen) atoms. The van der Waals surface area contributed by atoms with Gasteiger partial charge < -0.3 is 4.74 Å². The molecule has 2 atom stereocenters. The third-order valence-corrected chi connectivity index (χ3v) is 5.93. The first kappa shape index (κ1) is 16.7. The fourth-order valence-electron chi connectivity index (χ4n) is 2.64. The van der Waals surface area contributed by atoms with Gasteiger partial charge in [0.15, 0.2) is 0 Å². The second kappa shape index (κ2) is 6.37. The van der Waals surface area contributed by atoms with Gasteiger partial charge in [-0.05, 0) is 31.5 Å². The largest absolute Gasteiger partial charge is 0.462 e. The summed E-state index contributed by atoms with van der Waals surface area (Å²) in [5.74, 6) is -0.620. The lowest BCUT2D eigenvalue weighted by atomic mass is 10.1. The summed E-state index contributed by atoms with van der Waals surface area (Å²) in [4.78, 5) is 12.0. The molecule has 0 saturated carbocycles. The summed E-state index contributed by atoms with van der Waals surface area (Å²) in [7, 11) is -3.73. The summed E-state index contributed by atoms with van der Waals surface area (Å²) in [5.41, 5.74) is 2.16. The molecule has 1 saturated heterocycles. The van der Waals surface area contributed by atoms with Gasteiger partial charge in [0.05, 0.1) is 23.1 Å². The van der Waals surface area contributed by atoms with Gasteiger partial charge in [-0.1, -0.05) is 42.0 Å². The Kier molecular flexibility index (Phi) is 4.43. The zero-order valence-electron chi connectivity index (χ0n) is 13.6. The lowest BCUT2D eigenvalue weighted by molar-refractivity contribution is 0.0521. The number of nitrogens with zero attached hydrogens (tertiary/aromatic N) is 1. The Morgan fingerprint density at radius 2 is 1.83 bits per heavy atom. The summed E-state index contributed by atoms with van der Waals surface area (Å²) in [6.45, 7) is 4.29. The van der Waals surface area contributed by atoms with Gasteiger partial charge in [0.2, 0.25) is 10.0 Å². The van der Waals surface area contributed by atoms with E-state index in [0.29, 0.717) is 6.54 Å². The standard InChI is InChI=1S/C18H19NO4S/c1-3-23-18(20)15-6-4-5-7-17(15)24(21,22)19-12-16(19)14-10-8-13(2)9-11-14/h4-11,16H,3,12H2,1-2H3. The summed E-state index contributed by atoms with van der Waals surface area (Å²) in [6.07, 6.45) is 0. The molecule has 1 heterocycles. The third-order valence-electron chi connectivity index (χ3n) is 4.00. The van der Waals surface area contributed by atoms with Gasteiger partial charge in [-0.15, -0.1) is 0 Å². The van der Waals surface area contributed by atoms with Crippen molar-refractivity contribution in [1.82, 2.24) is 4.31 Å². The molecule has 0 bridgehead atoms. The first-order valence-electron chi connectivity index (χ1n) is 7.79. The van der Waals surface area contributed by atoms with Gasteiger partial charge in [0, 0.05) is 6.54 Å². The van der Waals surface area contributed by atoms with Gasteiger partial charge >= 0.3 is 5.97 Å². The topological polar surface area (TPSA) is 63.5 Å². The fourth-order valence-corrected chi connectivity index (χ4v) is 4.37. The van der Waals surface area contributed by atoms with Gasteiger partial charge in [0.25, 0.3) is 0 Å². The number of ether oxygens (including phenoxy) is 1. The quantitative estimate of drug-likeness (QED) is 0.617. The van der Waals surface area contributed by atoms with Gasteiger partial charge in [-0.3, -0.25) is 0 Å². The van der Waals surface area contributed by atoms with Crippen molar-refractivity contribution in [1.29, 1.82) is 0 Å². The maximum Gasteiger partial charge on any atom is 0.339 e. The van der Waals surface area contributed by atoms with Crippen LogP contribution >= 0.6 is 0 Å². The van der Waals surface area contributed by atoms with E-state index in [1.165, 1.54) is 16.4 Å². The minimum absolute atomic E-state index is 0.00179. The molecule has 0 N–H and O–H groups in total. The molecule has 1 aliphatic heterocycles. The summed E-state index contributed by atoms with van der Waals surface area (Å²) < 4.78 is 32.2. The SMILES string of the molecule is CCOC(=O)c1ccccc1S(=O)(=O)N1CC1c1ccc(C)cc1. The molecular formula is C18H19NO4S. The Morgan fingerprint density at radius 3 is 2.50 bits per heavy atom. The average molecular weight is 345 g/mol. The summed E-state index contributed by atoms with van der Waals surface area (Å²) >= 11 is 0. The monoisotopic (exact) mass is 345 g/mol. The second-order valence-electron chi connectivity index (χ2n) is 5.72. The highest BCUT2D eigenvalue weighted by atomic mass is 32.2. The van der Waals surface area contributed by atoms with Crippen LogP contribution in [0.2, 0.25) is 0 Å². The second-order valence-corrected chi connectivity index (χ2v) is 7.58. The molecule has 6 heteroatoms. The van der Waals surface area contributed by atoms with Crippen LogP contribution < -0.4 is 0 Å². The molecule has 0 radical (unpaired) electrons. The van der Waals surface area contributed by atoms with E-state index in [9.17, 15) is 13.2 Å². The Labute approximate surface area is 141 Å². The molecule has 0 spiro atoms. The molecule has 2 unspecified atom stereocenters. The van der Waals surface area contributed by atoms with Crippen LogP contribution in [0.5, 0.6) is 0 Å². The molecule has 5 nitrogen and oxygen atoms in total. The van der Waals surface area contributed by atoms with E-state index in [2.05, 4.69) is 0 Å². The molecule has 1 aliphatic rings. The van der Waals surface area contributed by atoms with Crippen LogP contribution in [-0.2, 0) is 14.8 Å². The molecule has 0 aromatic heterocycles. The van der Waals surface area contributed by atoms with E-state index in [0.717, 1.165) is 11.1 Å². The molecule has 0 amide bonds. The van der Waals surface area contributed by atoms with Crippen molar-refractivity contribution in [3.63, 3.8) is 0 Å². The van der Waals surface area contributed by atoms with Crippen LogP contribution in [-0.4, -0.2) is 31.8 Å². The van der Waals surface area contributed by atoms with Crippen LogP contribution in [0.3, 0.4) is 0 Å². The van der Waals surface area contributed by atoms with Crippen molar-refractivity contribution in [2.24, 2.45) is 0 Å². The molecule has 3 rings (SSSR count). The zero-order valence-corrected chi connectivity index (χ0v) is 14.4. The van der Waals surface area contributed by atoms with Crippen molar-refractivity contribution < 1.29 is 17.9 Å². The Bertz CT molecular complexity index is 859. The lowest BCUT2D eigenvalue weighted by Gasteiger charge is -2.11. The van der Waals surface area contributed by atoms with Crippen LogP contribution in [0.4, 0.5) is 0 Å². The number of rotatable bonds is 5. The van der Waals surface area contributed by atoms with Crippen LogP contribution in [0.15, 0.2) is 53.4 Å². The normalized spacial score (nSPS) is 19.8. The van der Waals surface area contributed by atoms with Gasteiger partial charge in [-0.2, -0.15) is 4.31 Å². The molecular weight excluding hydrogens is 326 g/mol. The van der Waals surface area contributed by atoms with E-state index in [-0.39, 0.29) is 23.1 Å². The van der Waals surface area contributed by atoms with Crippen LogP contribution in [0.1, 0.15) is 34.5 Å². The highest BCUT2D eigenvalue weighted by Crippen LogP contribution is 2.41. The first-order chi connectivity index (χ1) is 11.4. The van der Waals surface area contributed by atoms with Crippen molar-refractivity contribution in [3.8, 4) is 0 Å². The van der Waals surface area contributed by atoms with E-state index >= 15 is 0 Å². The predicted molar refractivity (Wildman–Crippen MR) is 90.2 cm³/mol. The minimum atomic E-state index is -3.73. The third kappa shape index (κ3) is 3.07. The smallest absolute Gasteiger partial charge is 0.339 e. The Balaban J connectivity index is 1.90. The number of hydrogen-bond acceptors (Lipinski definition) is 4. The maximum atomic E-state index is 12.9. The van der Waals surface area contributed by atoms with Crippen molar-refractivity contribution in [3.05, 3.63) is 65.2 Å².